The Kier molecular flexibility index (Phi) is 15.6. The fourth-order valence-electron chi connectivity index (χ4n) is 10.7. The van der Waals surface area contributed by atoms with Crippen molar-refractivity contribution >= 4 is 49.9 Å². The normalized spacial score (nSPS) is 16.7. The third kappa shape index (κ3) is 10.6. The molecule has 4 nitrogen and oxygen atoms in total. The van der Waals surface area contributed by atoms with Crippen molar-refractivity contribution < 1.29 is 17.1 Å². The summed E-state index contributed by atoms with van der Waals surface area (Å²) >= 11 is 7.05. The molecule has 0 N–H and O–H groups in total. The van der Waals surface area contributed by atoms with Crippen molar-refractivity contribution in [3.8, 4) is 11.3 Å². The van der Waals surface area contributed by atoms with E-state index in [2.05, 4.69) is 219 Å². The predicted octanol–water partition coefficient (Wildman–Crippen LogP) is 16.6. The fraction of sp³-hybridized carbons (Fsp3) is 0.226. The minimum atomic E-state index is 0. The van der Waals surface area contributed by atoms with E-state index in [1.165, 1.54) is 113 Å². The molecule has 0 fully saturated rings. The minimum Gasteiger partial charge on any atom is -0.675 e. The van der Waals surface area contributed by atoms with Crippen molar-refractivity contribution in [3.05, 3.63) is 254 Å². The molecule has 0 bridgehead atoms. The van der Waals surface area contributed by atoms with Gasteiger partial charge in [-0.25, -0.2) is 0 Å². The van der Waals surface area contributed by atoms with Crippen LogP contribution in [0.1, 0.15) is 120 Å². The molecule has 1 aromatic heterocycles. The third-order valence-corrected chi connectivity index (χ3v) is 14.7. The maximum atomic E-state index is 4.76. The maximum absolute atomic E-state index is 4.76. The standard InChI is InChI=1S/2C17H16BrN.C14H14N.C14H12N.Cu/c2*1-10-6-11(2)16(12(3)7-10)17-15-5-4-14(18)8-13(15)9-19-17;2*1-2-12-9-11-8-7-10-5-3-4-6-13(10)14(11)15-12;/h4-8H,9H2,1-3H3;4-9,17H,1-3H3;2-6,9,14H,7-8H2,1H3;2-6,9H,1,7-8H2;/q;;2*-1;+2/b;;12-2-;;. The number of fused-ring (bicyclic) bond motifs is 8. The van der Waals surface area contributed by atoms with Crippen LogP contribution in [-0.2, 0) is 42.9 Å². The van der Waals surface area contributed by atoms with E-state index in [4.69, 9.17) is 15.3 Å². The van der Waals surface area contributed by atoms with Crippen LogP contribution in [0.25, 0.3) is 22.7 Å². The first-order valence-corrected chi connectivity index (χ1v) is 25.3. The average molecular weight is 1080 g/mol. The second kappa shape index (κ2) is 21.6. The minimum absolute atomic E-state index is 0. The topological polar surface area (TPSA) is 52.9 Å². The van der Waals surface area contributed by atoms with Gasteiger partial charge < -0.3 is 10.3 Å². The van der Waals surface area contributed by atoms with Crippen LogP contribution in [-0.4, -0.2) is 11.9 Å². The van der Waals surface area contributed by atoms with Gasteiger partial charge in [-0.3, -0.25) is 9.98 Å². The van der Waals surface area contributed by atoms with E-state index >= 15 is 0 Å². The van der Waals surface area contributed by atoms with Crippen LogP contribution in [0.3, 0.4) is 0 Å². The van der Waals surface area contributed by atoms with E-state index < -0.39 is 0 Å². The molecule has 7 heteroatoms. The van der Waals surface area contributed by atoms with Crippen molar-refractivity contribution in [3.63, 3.8) is 0 Å². The zero-order valence-corrected chi connectivity index (χ0v) is 44.6. The number of aromatic nitrogens is 1. The van der Waals surface area contributed by atoms with E-state index in [0.717, 1.165) is 51.1 Å². The smallest absolute Gasteiger partial charge is 0.675 e. The molecule has 0 amide bonds. The number of hydrogen-bond donors (Lipinski definition) is 0. The van der Waals surface area contributed by atoms with E-state index in [-0.39, 0.29) is 23.1 Å². The summed E-state index contributed by atoms with van der Waals surface area (Å²) < 4.78 is 2.23. The van der Waals surface area contributed by atoms with Gasteiger partial charge in [0.15, 0.2) is 0 Å². The van der Waals surface area contributed by atoms with E-state index in [1.54, 1.807) is 0 Å². The van der Waals surface area contributed by atoms with Crippen molar-refractivity contribution in [1.82, 2.24) is 4.98 Å². The maximum Gasteiger partial charge on any atom is 2.00 e. The number of rotatable bonds is 3. The molecule has 4 heterocycles. The SMILES string of the molecule is C/C=C1/C=C2CCc3ccccc3C2[N-]1.C=Cc1cc2c([n-]1)-c1ccccc1CC2.Cc1cc(C)c(C2=NCc3cc(Br)ccc32)c(C)c1.Cc1cc(C)c(C2N=Cc3cc(Br)ccc32)c(C)c1.[Cu+2]. The van der Waals surface area contributed by atoms with Crippen LogP contribution < -0.4 is 4.98 Å². The molecule has 69 heavy (non-hydrogen) atoms. The number of halogens is 2. The molecule has 2 atom stereocenters. The number of nitrogens with zero attached hydrogens (tertiary/aromatic N) is 4. The second-order valence-electron chi connectivity index (χ2n) is 18.6. The zero-order valence-electron chi connectivity index (χ0n) is 40.5. The van der Waals surface area contributed by atoms with Gasteiger partial charge in [0, 0.05) is 26.3 Å². The zero-order chi connectivity index (χ0) is 47.6. The predicted molar refractivity (Wildman–Crippen MR) is 294 cm³/mol. The number of benzene rings is 6. The summed E-state index contributed by atoms with van der Waals surface area (Å²) in [4.78, 5) is 14.1. The summed E-state index contributed by atoms with van der Waals surface area (Å²) in [6.07, 6.45) is 12.7. The first-order chi connectivity index (χ1) is 32.9. The van der Waals surface area contributed by atoms with Gasteiger partial charge in [-0.15, -0.1) is 29.7 Å². The summed E-state index contributed by atoms with van der Waals surface area (Å²) in [5.41, 5.74) is 28.6. The quantitative estimate of drug-likeness (QED) is 0.163. The number of aliphatic imine (C=N–C) groups is 2. The molecule has 2 unspecified atom stereocenters. The summed E-state index contributed by atoms with van der Waals surface area (Å²) in [5, 5.41) is 4.74. The Hall–Kier alpha value is -5.56. The molecule has 5 aliphatic rings. The van der Waals surface area contributed by atoms with Crippen molar-refractivity contribution in [2.75, 3.05) is 0 Å². The Morgan fingerprint density at radius 2 is 1.28 bits per heavy atom. The van der Waals surface area contributed by atoms with Crippen molar-refractivity contribution in [2.45, 2.75) is 92.8 Å². The van der Waals surface area contributed by atoms with Gasteiger partial charge in [-0.2, -0.15) is 0 Å². The Morgan fingerprint density at radius 1 is 0.638 bits per heavy atom. The molecule has 6 aromatic carbocycles. The van der Waals surface area contributed by atoms with Crippen LogP contribution in [0, 0.1) is 41.5 Å². The first kappa shape index (κ1) is 49.8. The summed E-state index contributed by atoms with van der Waals surface area (Å²) in [6.45, 7) is 19.6. The van der Waals surface area contributed by atoms with Crippen molar-refractivity contribution in [1.29, 1.82) is 0 Å². The van der Waals surface area contributed by atoms with Crippen LogP contribution in [0.4, 0.5) is 0 Å². The fourth-order valence-corrected chi connectivity index (χ4v) is 11.5. The summed E-state index contributed by atoms with van der Waals surface area (Å²) in [5.74, 6) is 0. The number of allylic oxidation sites excluding steroid dienone is 2. The van der Waals surface area contributed by atoms with E-state index in [1.807, 2.05) is 12.3 Å². The van der Waals surface area contributed by atoms with Crippen LogP contribution in [0.15, 0.2) is 164 Å². The first-order valence-electron chi connectivity index (χ1n) is 23.7. The molecule has 1 radical (unpaired) electrons. The van der Waals surface area contributed by atoms with Crippen LogP contribution in [0.2, 0.25) is 0 Å². The molecule has 7 aromatic rings. The molecular weight excluding hydrogens is 1020 g/mol. The van der Waals surface area contributed by atoms with Crippen LogP contribution >= 0.6 is 31.9 Å². The molecule has 12 rings (SSSR count). The Labute approximate surface area is 437 Å². The Bertz CT molecular complexity index is 3170. The average Bonchev–Trinajstić information content (AvgIpc) is 4.14. The second-order valence-corrected chi connectivity index (χ2v) is 20.4. The Balaban J connectivity index is 0.000000124. The van der Waals surface area contributed by atoms with Gasteiger partial charge in [0.05, 0.1) is 12.3 Å². The molecule has 0 saturated heterocycles. The molecular formula is C62H58Br2CuN4. The summed E-state index contributed by atoms with van der Waals surface area (Å²) in [7, 11) is 0. The molecule has 3 aliphatic heterocycles. The van der Waals surface area contributed by atoms with Gasteiger partial charge >= 0.3 is 17.1 Å². The van der Waals surface area contributed by atoms with E-state index in [9.17, 15) is 0 Å². The van der Waals surface area contributed by atoms with Crippen LogP contribution in [0.5, 0.6) is 0 Å². The Morgan fingerprint density at radius 3 is 2.00 bits per heavy atom. The largest absolute Gasteiger partial charge is 2.00 e. The molecule has 0 saturated carbocycles. The van der Waals surface area contributed by atoms with Gasteiger partial charge in [-0.1, -0.05) is 169 Å². The molecule has 2 aliphatic carbocycles. The molecule has 351 valence electrons. The van der Waals surface area contributed by atoms with Crippen molar-refractivity contribution in [2.24, 2.45) is 9.98 Å². The monoisotopic (exact) mass is 1080 g/mol. The molecule has 0 spiro atoms. The number of aryl methyl sites for hydroxylation is 9. The third-order valence-electron chi connectivity index (χ3n) is 13.7. The van der Waals surface area contributed by atoms with Gasteiger partial charge in [0.25, 0.3) is 0 Å². The van der Waals surface area contributed by atoms with Gasteiger partial charge in [0.2, 0.25) is 0 Å². The van der Waals surface area contributed by atoms with Gasteiger partial charge in [-0.05, 0) is 160 Å². The summed E-state index contributed by atoms with van der Waals surface area (Å²) in [6, 6.07) is 41.7. The van der Waals surface area contributed by atoms with E-state index in [0.29, 0.717) is 6.04 Å². The number of hydrogen-bond acceptors (Lipinski definition) is 2. The van der Waals surface area contributed by atoms with Gasteiger partial charge in [0.1, 0.15) is 6.04 Å².